The summed E-state index contributed by atoms with van der Waals surface area (Å²) in [5.74, 6) is 0.596. The van der Waals surface area contributed by atoms with Gasteiger partial charge in [-0.3, -0.25) is 4.79 Å². The predicted octanol–water partition coefficient (Wildman–Crippen LogP) is 2.24. The number of hydrogen-bond donors (Lipinski definition) is 1. The highest BCUT2D eigenvalue weighted by Gasteiger charge is 2.35. The van der Waals surface area contributed by atoms with Crippen LogP contribution in [-0.4, -0.2) is 46.0 Å². The molecule has 1 atom stereocenters. The molecule has 0 saturated carbocycles. The topological polar surface area (TPSA) is 50.2 Å². The van der Waals surface area contributed by atoms with E-state index in [1.165, 1.54) is 25.9 Å². The van der Waals surface area contributed by atoms with Crippen molar-refractivity contribution in [3.8, 4) is 0 Å². The second kappa shape index (κ2) is 7.07. The van der Waals surface area contributed by atoms with Gasteiger partial charge in [0.2, 0.25) is 0 Å². The van der Waals surface area contributed by atoms with E-state index in [4.69, 9.17) is 0 Å². The Morgan fingerprint density at radius 2 is 2.04 bits per heavy atom. The molecule has 0 radical (unpaired) electrons. The molecule has 5 nitrogen and oxygen atoms in total. The van der Waals surface area contributed by atoms with Gasteiger partial charge in [0.25, 0.3) is 5.91 Å². The van der Waals surface area contributed by atoms with Crippen molar-refractivity contribution in [1.82, 2.24) is 19.8 Å². The highest BCUT2D eigenvalue weighted by molar-refractivity contribution is 5.96. The Bertz CT molecular complexity index is 694. The highest BCUT2D eigenvalue weighted by atomic mass is 35.5. The van der Waals surface area contributed by atoms with Gasteiger partial charge >= 0.3 is 0 Å². The van der Waals surface area contributed by atoms with Crippen molar-refractivity contribution in [3.05, 3.63) is 30.2 Å². The van der Waals surface area contributed by atoms with E-state index >= 15 is 0 Å². The summed E-state index contributed by atoms with van der Waals surface area (Å²) in [5.41, 5.74) is 1.57. The first-order chi connectivity index (χ1) is 10.2. The van der Waals surface area contributed by atoms with Crippen LogP contribution in [0.2, 0.25) is 0 Å². The first-order valence-electron chi connectivity index (χ1n) is 7.65. The van der Waals surface area contributed by atoms with Crippen molar-refractivity contribution < 1.29 is 4.79 Å². The Balaban J connectivity index is 0.000000960. The lowest BCUT2D eigenvalue weighted by Gasteiger charge is -2.44. The maximum atomic E-state index is 12.4. The van der Waals surface area contributed by atoms with Crippen LogP contribution in [0.15, 0.2) is 24.5 Å². The van der Waals surface area contributed by atoms with Crippen LogP contribution in [0.3, 0.4) is 0 Å². The average Bonchev–Trinajstić information content (AvgIpc) is 2.89. The molecule has 3 saturated heterocycles. The monoisotopic (exact) mass is 356 g/mol. The summed E-state index contributed by atoms with van der Waals surface area (Å²) in [6.07, 6.45) is 6.17. The number of aromatic nitrogens is 2. The maximum Gasteiger partial charge on any atom is 0.270 e. The minimum atomic E-state index is -0.0421. The molecule has 3 aliphatic heterocycles. The van der Waals surface area contributed by atoms with Crippen LogP contribution in [0.5, 0.6) is 0 Å². The summed E-state index contributed by atoms with van der Waals surface area (Å²) in [4.78, 5) is 19.2. The zero-order valence-electron chi connectivity index (χ0n) is 13.1. The van der Waals surface area contributed by atoms with Gasteiger partial charge < -0.3 is 14.8 Å². The molecule has 0 unspecified atom stereocenters. The van der Waals surface area contributed by atoms with E-state index in [9.17, 15) is 4.79 Å². The van der Waals surface area contributed by atoms with Gasteiger partial charge in [-0.2, -0.15) is 0 Å². The van der Waals surface area contributed by atoms with Crippen LogP contribution in [0, 0.1) is 5.92 Å². The second-order valence-corrected chi connectivity index (χ2v) is 6.27. The average molecular weight is 357 g/mol. The van der Waals surface area contributed by atoms with E-state index < -0.39 is 0 Å². The van der Waals surface area contributed by atoms with E-state index in [0.717, 1.165) is 17.4 Å². The van der Waals surface area contributed by atoms with Crippen LogP contribution < -0.4 is 5.32 Å². The van der Waals surface area contributed by atoms with E-state index in [2.05, 4.69) is 15.2 Å². The molecule has 0 aliphatic carbocycles. The van der Waals surface area contributed by atoms with Crippen molar-refractivity contribution in [2.45, 2.75) is 18.9 Å². The minimum Gasteiger partial charge on any atom is -0.349 e. The second-order valence-electron chi connectivity index (χ2n) is 6.27. The fourth-order valence-corrected chi connectivity index (χ4v) is 3.66. The molecule has 3 fully saturated rings. The van der Waals surface area contributed by atoms with Gasteiger partial charge in [-0.05, 0) is 44.0 Å². The first-order valence-corrected chi connectivity index (χ1v) is 7.65. The van der Waals surface area contributed by atoms with Gasteiger partial charge in [-0.1, -0.05) is 0 Å². The highest BCUT2D eigenvalue weighted by Crippen LogP contribution is 2.27. The number of fused-ring (bicyclic) bond motifs is 4. The molecule has 5 heterocycles. The Hall–Kier alpha value is -1.30. The zero-order chi connectivity index (χ0) is 14.4. The SMILES string of the molecule is Cl.Cl.Cn1ccc2cc(C(=O)N[C@@H]3CN4CCC3CC4)ncc21. The number of aryl methyl sites for hydroxylation is 1. The molecule has 3 aliphatic rings. The Morgan fingerprint density at radius 3 is 2.70 bits per heavy atom. The molecule has 23 heavy (non-hydrogen) atoms. The number of piperidine rings is 3. The smallest absolute Gasteiger partial charge is 0.270 e. The van der Waals surface area contributed by atoms with Crippen molar-refractivity contribution in [2.24, 2.45) is 13.0 Å². The van der Waals surface area contributed by atoms with Crippen molar-refractivity contribution in [2.75, 3.05) is 19.6 Å². The summed E-state index contributed by atoms with van der Waals surface area (Å²) in [6, 6.07) is 4.18. The number of nitrogens with zero attached hydrogens (tertiary/aromatic N) is 3. The standard InChI is InChI=1S/C16H20N4O.2ClH/c1-19-5-2-12-8-13(17-9-15(12)19)16(21)18-14-10-20-6-3-11(14)4-7-20;;/h2,5,8-9,11,14H,3-4,6-7,10H2,1H3,(H,18,21);2*1H/t14-;;/m1../s1. The van der Waals surface area contributed by atoms with Crippen molar-refractivity contribution >= 4 is 41.6 Å². The number of pyridine rings is 1. The number of amides is 1. The number of hydrogen-bond acceptors (Lipinski definition) is 3. The fourth-order valence-electron chi connectivity index (χ4n) is 3.66. The van der Waals surface area contributed by atoms with Crippen molar-refractivity contribution in [3.63, 3.8) is 0 Å². The lowest BCUT2D eigenvalue weighted by atomic mass is 9.84. The van der Waals surface area contributed by atoms with Gasteiger partial charge in [-0.25, -0.2) is 4.98 Å². The number of rotatable bonds is 2. The van der Waals surface area contributed by atoms with Crippen LogP contribution >= 0.6 is 24.8 Å². The Labute approximate surface area is 148 Å². The van der Waals surface area contributed by atoms with E-state index in [-0.39, 0.29) is 36.8 Å². The summed E-state index contributed by atoms with van der Waals surface area (Å²) in [6.45, 7) is 3.36. The molecule has 0 spiro atoms. The Kier molecular flexibility index (Phi) is 5.55. The molecule has 2 aromatic rings. The van der Waals surface area contributed by atoms with E-state index in [0.29, 0.717) is 11.6 Å². The van der Waals surface area contributed by atoms with Crippen LogP contribution in [-0.2, 0) is 7.05 Å². The molecule has 2 aromatic heterocycles. The third-order valence-electron chi connectivity index (χ3n) is 4.98. The van der Waals surface area contributed by atoms with Crippen LogP contribution in [0.25, 0.3) is 10.9 Å². The first kappa shape index (κ1) is 18.0. The van der Waals surface area contributed by atoms with Gasteiger partial charge in [0.1, 0.15) is 5.69 Å². The van der Waals surface area contributed by atoms with Gasteiger partial charge in [0, 0.05) is 31.2 Å². The molecule has 1 amide bonds. The lowest BCUT2D eigenvalue weighted by molar-refractivity contribution is 0.0618. The Morgan fingerprint density at radius 1 is 1.30 bits per heavy atom. The van der Waals surface area contributed by atoms with E-state index in [1.807, 2.05) is 29.9 Å². The molecular formula is C16H22Cl2N4O. The molecule has 2 bridgehead atoms. The lowest BCUT2D eigenvalue weighted by Crippen LogP contribution is -2.57. The number of carbonyl (C=O) groups is 1. The maximum absolute atomic E-state index is 12.4. The van der Waals surface area contributed by atoms with E-state index in [1.54, 1.807) is 6.20 Å². The molecule has 7 heteroatoms. The molecule has 126 valence electrons. The molecule has 5 rings (SSSR count). The van der Waals surface area contributed by atoms with Crippen LogP contribution in [0.4, 0.5) is 0 Å². The largest absolute Gasteiger partial charge is 0.349 e. The summed E-state index contributed by atoms with van der Waals surface area (Å²) in [7, 11) is 1.98. The molecule has 0 aromatic carbocycles. The number of carbonyl (C=O) groups excluding carboxylic acids is 1. The van der Waals surface area contributed by atoms with Gasteiger partial charge in [-0.15, -0.1) is 24.8 Å². The van der Waals surface area contributed by atoms with Crippen molar-refractivity contribution in [1.29, 1.82) is 0 Å². The third kappa shape index (κ3) is 3.32. The number of halogens is 2. The van der Waals surface area contributed by atoms with Crippen LogP contribution in [0.1, 0.15) is 23.3 Å². The molecular weight excluding hydrogens is 335 g/mol. The summed E-state index contributed by atoms with van der Waals surface area (Å²) < 4.78 is 2.01. The normalized spacial score (nSPS) is 25.5. The minimum absolute atomic E-state index is 0. The zero-order valence-corrected chi connectivity index (χ0v) is 14.7. The summed E-state index contributed by atoms with van der Waals surface area (Å²) >= 11 is 0. The van der Waals surface area contributed by atoms with Gasteiger partial charge in [0.15, 0.2) is 0 Å². The predicted molar refractivity (Wildman–Crippen MR) is 95.6 cm³/mol. The summed E-state index contributed by atoms with van der Waals surface area (Å²) in [5, 5.41) is 4.25. The quantitative estimate of drug-likeness (QED) is 0.897. The third-order valence-corrected chi connectivity index (χ3v) is 4.98. The van der Waals surface area contributed by atoms with Gasteiger partial charge in [0.05, 0.1) is 11.7 Å². The number of nitrogens with one attached hydrogen (secondary N) is 1. The molecule has 1 N–H and O–H groups in total. The fraction of sp³-hybridized carbons (Fsp3) is 0.500.